The van der Waals surface area contributed by atoms with Gasteiger partial charge in [-0.25, -0.2) is 4.98 Å². The lowest BCUT2D eigenvalue weighted by atomic mass is 10.2. The molecule has 0 spiro atoms. The first-order chi connectivity index (χ1) is 12.0. The van der Waals surface area contributed by atoms with Gasteiger partial charge in [0.1, 0.15) is 11.4 Å². The van der Waals surface area contributed by atoms with Gasteiger partial charge in [-0.15, -0.1) is 0 Å². The highest BCUT2D eigenvalue weighted by Crippen LogP contribution is 2.14. The van der Waals surface area contributed by atoms with Gasteiger partial charge in [0, 0.05) is 12.2 Å². The van der Waals surface area contributed by atoms with E-state index in [2.05, 4.69) is 20.5 Å². The normalized spacial score (nSPS) is 10.6. The van der Waals surface area contributed by atoms with Crippen molar-refractivity contribution in [1.82, 2.24) is 15.2 Å². The molecule has 0 radical (unpaired) electrons. The number of carbonyl (C=O) groups excluding carboxylic acids is 2. The van der Waals surface area contributed by atoms with Gasteiger partial charge in [-0.3, -0.25) is 9.59 Å². The molecular formula is C19H24N4O2. The molecule has 0 fully saturated rings. The van der Waals surface area contributed by atoms with Gasteiger partial charge in [0.15, 0.2) is 0 Å². The first-order valence-electron chi connectivity index (χ1n) is 8.24. The molecule has 2 N–H and O–H groups in total. The molecule has 0 unspecified atom stereocenters. The lowest BCUT2D eigenvalue weighted by Crippen LogP contribution is -2.28. The van der Waals surface area contributed by atoms with Crippen molar-refractivity contribution >= 4 is 17.5 Å². The van der Waals surface area contributed by atoms with Crippen LogP contribution in [0, 0.1) is 6.92 Å². The van der Waals surface area contributed by atoms with Gasteiger partial charge in [-0.05, 0) is 57.7 Å². The Morgan fingerprint density at radius 1 is 1.00 bits per heavy atom. The number of aromatic nitrogens is 1. The van der Waals surface area contributed by atoms with Crippen LogP contribution in [-0.4, -0.2) is 48.9 Å². The molecule has 6 nitrogen and oxygen atoms in total. The summed E-state index contributed by atoms with van der Waals surface area (Å²) in [6.07, 6.45) is 0.853. The zero-order valence-corrected chi connectivity index (χ0v) is 14.9. The molecule has 2 aromatic rings. The van der Waals surface area contributed by atoms with Crippen LogP contribution in [0.5, 0.6) is 0 Å². The van der Waals surface area contributed by atoms with Crippen molar-refractivity contribution in [3.63, 3.8) is 0 Å². The largest absolute Gasteiger partial charge is 0.351 e. The van der Waals surface area contributed by atoms with E-state index in [0.29, 0.717) is 6.54 Å². The first-order valence-corrected chi connectivity index (χ1v) is 8.24. The van der Waals surface area contributed by atoms with Crippen molar-refractivity contribution in [2.45, 2.75) is 13.3 Å². The third kappa shape index (κ3) is 5.69. The second-order valence-electron chi connectivity index (χ2n) is 6.09. The summed E-state index contributed by atoms with van der Waals surface area (Å²) in [4.78, 5) is 30.8. The molecule has 1 aromatic heterocycles. The van der Waals surface area contributed by atoms with Crippen LogP contribution in [0.1, 0.15) is 33.0 Å². The molecule has 2 rings (SSSR count). The molecule has 0 saturated heterocycles. The third-order valence-corrected chi connectivity index (χ3v) is 3.68. The molecule has 25 heavy (non-hydrogen) atoms. The van der Waals surface area contributed by atoms with E-state index in [4.69, 9.17) is 0 Å². The van der Waals surface area contributed by atoms with Gasteiger partial charge in [0.25, 0.3) is 11.8 Å². The number of benzene rings is 1. The summed E-state index contributed by atoms with van der Waals surface area (Å²) in [7, 11) is 3.97. The maximum atomic E-state index is 12.4. The number of para-hydroxylation sites is 1. The number of carbonyl (C=O) groups is 2. The van der Waals surface area contributed by atoms with E-state index in [1.54, 1.807) is 18.2 Å². The molecule has 1 aromatic carbocycles. The van der Waals surface area contributed by atoms with Crippen LogP contribution >= 0.6 is 0 Å². The average Bonchev–Trinajstić information content (AvgIpc) is 2.60. The zero-order chi connectivity index (χ0) is 18.2. The lowest BCUT2D eigenvalue weighted by molar-refractivity contribution is 0.0947. The van der Waals surface area contributed by atoms with Crippen molar-refractivity contribution in [2.75, 3.05) is 32.5 Å². The maximum absolute atomic E-state index is 12.4. The highest BCUT2D eigenvalue weighted by molar-refractivity contribution is 6.04. The number of anilines is 1. The zero-order valence-electron chi connectivity index (χ0n) is 14.9. The van der Waals surface area contributed by atoms with E-state index in [0.717, 1.165) is 24.2 Å². The minimum Gasteiger partial charge on any atom is -0.351 e. The molecule has 0 atom stereocenters. The Labute approximate surface area is 148 Å². The Balaban J connectivity index is 1.99. The Kier molecular flexibility index (Phi) is 6.65. The second kappa shape index (κ2) is 8.94. The Morgan fingerprint density at radius 2 is 1.68 bits per heavy atom. The minimum absolute atomic E-state index is 0.212. The van der Waals surface area contributed by atoms with Gasteiger partial charge in [0.2, 0.25) is 0 Å². The molecule has 0 saturated carbocycles. The fraction of sp³-hybridized carbons (Fsp3) is 0.316. The summed E-state index contributed by atoms with van der Waals surface area (Å²) in [6.45, 7) is 3.38. The number of pyridine rings is 1. The van der Waals surface area contributed by atoms with Gasteiger partial charge in [0.05, 0.1) is 0 Å². The van der Waals surface area contributed by atoms with Crippen LogP contribution in [0.25, 0.3) is 0 Å². The molecule has 132 valence electrons. The highest BCUT2D eigenvalue weighted by atomic mass is 16.2. The molecule has 0 aliphatic rings. The third-order valence-electron chi connectivity index (χ3n) is 3.68. The van der Waals surface area contributed by atoms with Gasteiger partial charge in [-0.2, -0.15) is 0 Å². The molecule has 0 aliphatic heterocycles. The number of hydrogen-bond acceptors (Lipinski definition) is 4. The number of rotatable bonds is 7. The summed E-state index contributed by atoms with van der Waals surface area (Å²) in [5.74, 6) is -0.610. The highest BCUT2D eigenvalue weighted by Gasteiger charge is 2.13. The van der Waals surface area contributed by atoms with E-state index >= 15 is 0 Å². The Morgan fingerprint density at radius 3 is 2.36 bits per heavy atom. The van der Waals surface area contributed by atoms with Gasteiger partial charge in [-0.1, -0.05) is 24.3 Å². The Hall–Kier alpha value is -2.73. The predicted octanol–water partition coefficient (Wildman–Crippen LogP) is 2.32. The predicted molar refractivity (Wildman–Crippen MR) is 98.9 cm³/mol. The van der Waals surface area contributed by atoms with E-state index in [9.17, 15) is 9.59 Å². The van der Waals surface area contributed by atoms with Crippen molar-refractivity contribution in [3.8, 4) is 0 Å². The number of hydrogen-bond donors (Lipinski definition) is 2. The summed E-state index contributed by atoms with van der Waals surface area (Å²) in [6, 6.07) is 12.4. The number of nitrogens with one attached hydrogen (secondary N) is 2. The summed E-state index contributed by atoms with van der Waals surface area (Å²) >= 11 is 0. The molecule has 2 amide bonds. The van der Waals surface area contributed by atoms with E-state index in [1.807, 2.05) is 45.3 Å². The molecule has 0 bridgehead atoms. The fourth-order valence-corrected chi connectivity index (χ4v) is 2.27. The maximum Gasteiger partial charge on any atom is 0.274 e. The standard InChI is InChI=1S/C19H24N4O2/c1-14-8-4-5-9-15(14)22-19(25)17-11-6-10-16(21-17)18(24)20-12-7-13-23(2)3/h4-6,8-11H,7,12-13H2,1-3H3,(H,20,24)(H,22,25). The van der Waals surface area contributed by atoms with Crippen LogP contribution < -0.4 is 10.6 Å². The van der Waals surface area contributed by atoms with Gasteiger partial charge < -0.3 is 15.5 Å². The van der Waals surface area contributed by atoms with Crippen molar-refractivity contribution in [2.24, 2.45) is 0 Å². The SMILES string of the molecule is Cc1ccccc1NC(=O)c1cccc(C(=O)NCCCN(C)C)n1. The molecule has 0 aliphatic carbocycles. The van der Waals surface area contributed by atoms with E-state index in [1.165, 1.54) is 0 Å². The fourth-order valence-electron chi connectivity index (χ4n) is 2.27. The molecule has 6 heteroatoms. The lowest BCUT2D eigenvalue weighted by Gasteiger charge is -2.10. The topological polar surface area (TPSA) is 74.3 Å². The van der Waals surface area contributed by atoms with Crippen LogP contribution in [0.2, 0.25) is 0 Å². The summed E-state index contributed by atoms with van der Waals surface area (Å²) in [5.41, 5.74) is 2.14. The monoisotopic (exact) mass is 340 g/mol. The Bertz CT molecular complexity index is 744. The van der Waals surface area contributed by atoms with Gasteiger partial charge >= 0.3 is 0 Å². The van der Waals surface area contributed by atoms with Crippen LogP contribution in [0.3, 0.4) is 0 Å². The molecular weight excluding hydrogens is 316 g/mol. The average molecular weight is 340 g/mol. The van der Waals surface area contributed by atoms with E-state index in [-0.39, 0.29) is 23.2 Å². The quantitative estimate of drug-likeness (QED) is 0.759. The number of aryl methyl sites for hydroxylation is 1. The number of amides is 2. The smallest absolute Gasteiger partial charge is 0.274 e. The van der Waals surface area contributed by atoms with Crippen LogP contribution in [-0.2, 0) is 0 Å². The molecule has 1 heterocycles. The first kappa shape index (κ1) is 18.6. The van der Waals surface area contributed by atoms with Crippen LogP contribution in [0.4, 0.5) is 5.69 Å². The summed E-state index contributed by atoms with van der Waals surface area (Å²) in [5, 5.41) is 5.64. The van der Waals surface area contributed by atoms with Crippen molar-refractivity contribution < 1.29 is 9.59 Å². The van der Waals surface area contributed by atoms with Crippen LogP contribution in [0.15, 0.2) is 42.5 Å². The number of nitrogens with zero attached hydrogens (tertiary/aromatic N) is 2. The second-order valence-corrected chi connectivity index (χ2v) is 6.09. The van der Waals surface area contributed by atoms with Crippen molar-refractivity contribution in [1.29, 1.82) is 0 Å². The van der Waals surface area contributed by atoms with E-state index < -0.39 is 0 Å². The van der Waals surface area contributed by atoms with Crippen molar-refractivity contribution in [3.05, 3.63) is 59.4 Å². The minimum atomic E-state index is -0.337. The summed E-state index contributed by atoms with van der Waals surface area (Å²) < 4.78 is 0.